The fraction of sp³-hybridized carbons (Fsp3) is 0.222. The summed E-state index contributed by atoms with van der Waals surface area (Å²) in [5.41, 5.74) is -5.17. The second-order valence-corrected chi connectivity index (χ2v) is 5.77. The minimum absolute atomic E-state index is 0.114. The number of hydrogen-bond acceptors (Lipinski definition) is 2. The number of hydrogen-bond donors (Lipinski definition) is 0. The standard InChI is InChI=1S/C18H11F8NO2/c1-2-27(15(28)9-5-10(17(21,22)23)7-12(20)6-9)16(29)13-8-11(19)3-4-14(13)18(24,25)26/h3-8H,2H2,1H3. The molecule has 0 N–H and O–H groups in total. The van der Waals surface area contributed by atoms with Gasteiger partial charge >= 0.3 is 12.4 Å². The molecular weight excluding hydrogens is 414 g/mol. The zero-order valence-corrected chi connectivity index (χ0v) is 14.5. The van der Waals surface area contributed by atoms with Crippen molar-refractivity contribution in [3.05, 3.63) is 70.3 Å². The Labute approximate surface area is 158 Å². The zero-order valence-electron chi connectivity index (χ0n) is 14.5. The predicted octanol–water partition coefficient (Wildman–Crippen LogP) is 5.30. The molecular formula is C18H11F8NO2. The SMILES string of the molecule is CCN(C(=O)c1cc(F)cc(C(F)(F)F)c1)C(=O)c1cc(F)ccc1C(F)(F)F. The number of nitrogens with zero attached hydrogens (tertiary/aromatic N) is 1. The molecule has 0 saturated carbocycles. The maximum Gasteiger partial charge on any atom is 0.417 e. The van der Waals surface area contributed by atoms with E-state index in [4.69, 9.17) is 0 Å². The summed E-state index contributed by atoms with van der Waals surface area (Å²) < 4.78 is 105. The van der Waals surface area contributed by atoms with Crippen molar-refractivity contribution in [2.24, 2.45) is 0 Å². The third kappa shape index (κ3) is 4.90. The lowest BCUT2D eigenvalue weighted by molar-refractivity contribution is -0.138. The van der Waals surface area contributed by atoms with E-state index in [1.165, 1.54) is 0 Å². The van der Waals surface area contributed by atoms with Gasteiger partial charge in [0, 0.05) is 12.1 Å². The van der Waals surface area contributed by atoms with Crippen LogP contribution in [0.4, 0.5) is 35.1 Å². The molecule has 2 amide bonds. The third-order valence-electron chi connectivity index (χ3n) is 3.80. The number of alkyl halides is 6. The number of carbonyl (C=O) groups excluding carboxylic acids is 2. The molecule has 0 aromatic heterocycles. The van der Waals surface area contributed by atoms with Crippen LogP contribution in [0.15, 0.2) is 36.4 Å². The Hall–Kier alpha value is -2.98. The molecule has 29 heavy (non-hydrogen) atoms. The molecule has 0 aliphatic carbocycles. The maximum absolute atomic E-state index is 13.5. The molecule has 0 radical (unpaired) electrons. The van der Waals surface area contributed by atoms with Gasteiger partial charge in [0.1, 0.15) is 11.6 Å². The normalized spacial score (nSPS) is 12.0. The van der Waals surface area contributed by atoms with E-state index in [0.717, 1.165) is 6.92 Å². The summed E-state index contributed by atoms with van der Waals surface area (Å²) in [5, 5.41) is 0. The molecule has 0 saturated heterocycles. The van der Waals surface area contributed by atoms with Gasteiger partial charge in [0.05, 0.1) is 16.7 Å². The number of imide groups is 1. The van der Waals surface area contributed by atoms with Gasteiger partial charge in [-0.3, -0.25) is 14.5 Å². The molecule has 2 aromatic rings. The van der Waals surface area contributed by atoms with Crippen LogP contribution in [0.25, 0.3) is 0 Å². The van der Waals surface area contributed by atoms with Gasteiger partial charge in [-0.25, -0.2) is 8.78 Å². The van der Waals surface area contributed by atoms with E-state index in [2.05, 4.69) is 0 Å². The van der Waals surface area contributed by atoms with E-state index in [-0.39, 0.29) is 23.1 Å². The molecule has 156 valence electrons. The average molecular weight is 425 g/mol. The molecule has 0 aliphatic rings. The van der Waals surface area contributed by atoms with Crippen molar-refractivity contribution in [3.63, 3.8) is 0 Å². The second kappa shape index (κ2) is 7.80. The summed E-state index contributed by atoms with van der Waals surface area (Å²) in [5.74, 6) is -5.70. The molecule has 2 aromatic carbocycles. The predicted molar refractivity (Wildman–Crippen MR) is 83.8 cm³/mol. The Morgan fingerprint density at radius 3 is 1.97 bits per heavy atom. The molecule has 0 spiro atoms. The third-order valence-corrected chi connectivity index (χ3v) is 3.80. The lowest BCUT2D eigenvalue weighted by Gasteiger charge is -2.22. The quantitative estimate of drug-likeness (QED) is 0.494. The first-order valence-electron chi connectivity index (χ1n) is 7.86. The lowest BCUT2D eigenvalue weighted by Crippen LogP contribution is -2.38. The van der Waals surface area contributed by atoms with Crippen molar-refractivity contribution in [2.45, 2.75) is 19.3 Å². The monoisotopic (exact) mass is 425 g/mol. The van der Waals surface area contributed by atoms with E-state index in [9.17, 15) is 44.7 Å². The van der Waals surface area contributed by atoms with Crippen molar-refractivity contribution in [3.8, 4) is 0 Å². The van der Waals surface area contributed by atoms with Gasteiger partial charge in [0.15, 0.2) is 0 Å². The Kier molecular flexibility index (Phi) is 6.00. The molecule has 0 bridgehead atoms. The van der Waals surface area contributed by atoms with Crippen LogP contribution in [0.5, 0.6) is 0 Å². The van der Waals surface area contributed by atoms with Crippen molar-refractivity contribution < 1.29 is 44.7 Å². The summed E-state index contributed by atoms with van der Waals surface area (Å²) in [4.78, 5) is 25.1. The van der Waals surface area contributed by atoms with Gasteiger partial charge in [-0.2, -0.15) is 26.3 Å². The molecule has 0 heterocycles. The summed E-state index contributed by atoms with van der Waals surface area (Å²) in [6.07, 6.45) is -10.1. The van der Waals surface area contributed by atoms with Crippen LogP contribution in [0.2, 0.25) is 0 Å². The van der Waals surface area contributed by atoms with E-state index in [0.29, 0.717) is 18.2 Å². The summed E-state index contributed by atoms with van der Waals surface area (Å²) >= 11 is 0. The van der Waals surface area contributed by atoms with Crippen LogP contribution in [0.1, 0.15) is 38.8 Å². The van der Waals surface area contributed by atoms with E-state index >= 15 is 0 Å². The first kappa shape index (κ1) is 22.3. The van der Waals surface area contributed by atoms with Crippen LogP contribution in [-0.4, -0.2) is 23.3 Å². The Bertz CT molecular complexity index is 950. The van der Waals surface area contributed by atoms with Gasteiger partial charge in [-0.15, -0.1) is 0 Å². The minimum atomic E-state index is -5.07. The topological polar surface area (TPSA) is 37.4 Å². The van der Waals surface area contributed by atoms with Crippen molar-refractivity contribution in [2.75, 3.05) is 6.54 Å². The van der Waals surface area contributed by atoms with E-state index in [1.807, 2.05) is 0 Å². The largest absolute Gasteiger partial charge is 0.417 e. The summed E-state index contributed by atoms with van der Waals surface area (Å²) in [6, 6.07) is 1.79. The number of benzene rings is 2. The minimum Gasteiger partial charge on any atom is -0.275 e. The highest BCUT2D eigenvalue weighted by molar-refractivity contribution is 6.11. The lowest BCUT2D eigenvalue weighted by atomic mass is 10.0. The van der Waals surface area contributed by atoms with Gasteiger partial charge in [0.25, 0.3) is 11.8 Å². The second-order valence-electron chi connectivity index (χ2n) is 5.77. The highest BCUT2D eigenvalue weighted by Gasteiger charge is 2.38. The molecule has 2 rings (SSSR count). The highest BCUT2D eigenvalue weighted by Crippen LogP contribution is 2.34. The van der Waals surface area contributed by atoms with Crippen molar-refractivity contribution in [1.82, 2.24) is 4.90 Å². The Morgan fingerprint density at radius 1 is 0.828 bits per heavy atom. The molecule has 0 aliphatic heterocycles. The molecule has 0 atom stereocenters. The van der Waals surface area contributed by atoms with Crippen molar-refractivity contribution >= 4 is 11.8 Å². The summed E-state index contributed by atoms with van der Waals surface area (Å²) in [6.45, 7) is 0.593. The fourth-order valence-corrected chi connectivity index (χ4v) is 2.50. The first-order chi connectivity index (χ1) is 13.3. The molecule has 11 heteroatoms. The van der Waals surface area contributed by atoms with Crippen LogP contribution < -0.4 is 0 Å². The van der Waals surface area contributed by atoms with Crippen LogP contribution in [0.3, 0.4) is 0 Å². The molecule has 0 fully saturated rings. The van der Waals surface area contributed by atoms with Crippen LogP contribution in [0, 0.1) is 11.6 Å². The van der Waals surface area contributed by atoms with Gasteiger partial charge in [0.2, 0.25) is 0 Å². The number of amides is 2. The number of rotatable bonds is 3. The van der Waals surface area contributed by atoms with E-state index < -0.39 is 64.6 Å². The Balaban J connectivity index is 2.53. The van der Waals surface area contributed by atoms with Gasteiger partial charge < -0.3 is 0 Å². The smallest absolute Gasteiger partial charge is 0.275 e. The Morgan fingerprint density at radius 2 is 1.45 bits per heavy atom. The fourth-order valence-electron chi connectivity index (χ4n) is 2.50. The number of halogens is 8. The highest BCUT2D eigenvalue weighted by atomic mass is 19.4. The van der Waals surface area contributed by atoms with Gasteiger partial charge in [-0.1, -0.05) is 0 Å². The van der Waals surface area contributed by atoms with Gasteiger partial charge in [-0.05, 0) is 43.3 Å². The van der Waals surface area contributed by atoms with Crippen LogP contribution in [-0.2, 0) is 12.4 Å². The van der Waals surface area contributed by atoms with E-state index in [1.54, 1.807) is 0 Å². The zero-order chi connectivity index (χ0) is 22.1. The maximum atomic E-state index is 13.5. The van der Waals surface area contributed by atoms with Crippen molar-refractivity contribution in [1.29, 1.82) is 0 Å². The van der Waals surface area contributed by atoms with Crippen LogP contribution >= 0.6 is 0 Å². The summed E-state index contributed by atoms with van der Waals surface area (Å²) in [7, 11) is 0. The first-order valence-corrected chi connectivity index (χ1v) is 7.86. The number of carbonyl (C=O) groups is 2. The average Bonchev–Trinajstić information content (AvgIpc) is 2.59. The molecule has 3 nitrogen and oxygen atoms in total. The molecule has 0 unspecified atom stereocenters.